The summed E-state index contributed by atoms with van der Waals surface area (Å²) in [6.07, 6.45) is 3.53. The molecule has 0 saturated carbocycles. The summed E-state index contributed by atoms with van der Waals surface area (Å²) in [4.78, 5) is 16.0. The summed E-state index contributed by atoms with van der Waals surface area (Å²) in [6, 6.07) is 9.79. The number of halogens is 1. The standard InChI is InChI=1S/C21H23FN4O3/c1-3-29-11-10-26-13-18(21(25-26)15-4-6-17(22)7-5-15)16-8-9-23-19(12-16)24-20(27)14-28-2/h4-9,12-13H,3,10-11,14H2,1-2H3,(H,23,24,27). The number of benzene rings is 1. The normalized spacial score (nSPS) is 10.9. The van der Waals surface area contributed by atoms with Gasteiger partial charge in [0.2, 0.25) is 0 Å². The average molecular weight is 398 g/mol. The molecule has 0 spiro atoms. The Morgan fingerprint density at radius 1 is 1.21 bits per heavy atom. The van der Waals surface area contributed by atoms with E-state index in [1.165, 1.54) is 19.2 Å². The van der Waals surface area contributed by atoms with E-state index in [9.17, 15) is 9.18 Å². The van der Waals surface area contributed by atoms with Gasteiger partial charge in [0.1, 0.15) is 23.9 Å². The lowest BCUT2D eigenvalue weighted by Gasteiger charge is -2.07. The van der Waals surface area contributed by atoms with Crippen LogP contribution in [0.25, 0.3) is 22.4 Å². The third kappa shape index (κ3) is 5.46. The molecule has 1 amide bonds. The molecule has 0 bridgehead atoms. The molecule has 1 N–H and O–H groups in total. The molecule has 3 rings (SSSR count). The highest BCUT2D eigenvalue weighted by molar-refractivity contribution is 5.91. The lowest BCUT2D eigenvalue weighted by Crippen LogP contribution is -2.17. The van der Waals surface area contributed by atoms with E-state index in [0.717, 1.165) is 16.7 Å². The zero-order valence-corrected chi connectivity index (χ0v) is 16.4. The van der Waals surface area contributed by atoms with Gasteiger partial charge in [0.25, 0.3) is 5.91 Å². The SMILES string of the molecule is CCOCCn1cc(-c2ccnc(NC(=O)COC)c2)c(-c2ccc(F)cc2)n1. The predicted molar refractivity (Wildman–Crippen MR) is 108 cm³/mol. The molecular formula is C21H23FN4O3. The number of nitrogens with one attached hydrogen (secondary N) is 1. The van der Waals surface area contributed by atoms with Gasteiger partial charge in [-0.05, 0) is 48.9 Å². The van der Waals surface area contributed by atoms with E-state index < -0.39 is 0 Å². The number of pyridine rings is 1. The monoisotopic (exact) mass is 398 g/mol. The first-order valence-electron chi connectivity index (χ1n) is 9.27. The fraction of sp³-hybridized carbons (Fsp3) is 0.286. The zero-order valence-electron chi connectivity index (χ0n) is 16.4. The van der Waals surface area contributed by atoms with E-state index in [2.05, 4.69) is 15.4 Å². The molecule has 7 nitrogen and oxygen atoms in total. The number of nitrogens with zero attached hydrogens (tertiary/aromatic N) is 3. The number of methoxy groups -OCH3 is 1. The molecule has 0 aliphatic heterocycles. The summed E-state index contributed by atoms with van der Waals surface area (Å²) >= 11 is 0. The molecule has 8 heteroatoms. The summed E-state index contributed by atoms with van der Waals surface area (Å²) in [6.45, 7) is 3.64. The molecule has 1 aromatic carbocycles. The first kappa shape index (κ1) is 20.6. The van der Waals surface area contributed by atoms with Crippen molar-refractivity contribution < 1.29 is 18.7 Å². The van der Waals surface area contributed by atoms with Gasteiger partial charge < -0.3 is 14.8 Å². The van der Waals surface area contributed by atoms with Crippen LogP contribution in [0.4, 0.5) is 10.2 Å². The Hall–Kier alpha value is -3.10. The maximum atomic E-state index is 13.4. The van der Waals surface area contributed by atoms with Crippen LogP contribution in [0.1, 0.15) is 6.92 Å². The molecule has 0 fully saturated rings. The summed E-state index contributed by atoms with van der Waals surface area (Å²) in [5.41, 5.74) is 3.17. The van der Waals surface area contributed by atoms with Gasteiger partial charge in [0.05, 0.1) is 13.2 Å². The van der Waals surface area contributed by atoms with E-state index in [0.29, 0.717) is 31.3 Å². The van der Waals surface area contributed by atoms with Crippen LogP contribution >= 0.6 is 0 Å². The second-order valence-corrected chi connectivity index (χ2v) is 6.27. The van der Waals surface area contributed by atoms with Crippen LogP contribution in [0.2, 0.25) is 0 Å². The van der Waals surface area contributed by atoms with Crippen LogP contribution in [0.3, 0.4) is 0 Å². The van der Waals surface area contributed by atoms with Crippen molar-refractivity contribution in [1.29, 1.82) is 0 Å². The predicted octanol–water partition coefficient (Wildman–Crippen LogP) is 3.37. The van der Waals surface area contributed by atoms with E-state index in [1.807, 2.05) is 19.2 Å². The van der Waals surface area contributed by atoms with Crippen molar-refractivity contribution in [2.75, 3.05) is 32.2 Å². The minimum absolute atomic E-state index is 0.0535. The number of hydrogen-bond donors (Lipinski definition) is 1. The molecule has 0 aliphatic rings. The second kappa shape index (κ2) is 9.90. The Labute approximate surface area is 168 Å². The minimum atomic E-state index is -0.307. The molecule has 152 valence electrons. The van der Waals surface area contributed by atoms with Gasteiger partial charge in [-0.25, -0.2) is 9.37 Å². The topological polar surface area (TPSA) is 78.3 Å². The van der Waals surface area contributed by atoms with Gasteiger partial charge in [0, 0.05) is 37.2 Å². The van der Waals surface area contributed by atoms with Crippen LogP contribution in [-0.4, -0.2) is 47.6 Å². The number of rotatable bonds is 9. The highest BCUT2D eigenvalue weighted by atomic mass is 19.1. The second-order valence-electron chi connectivity index (χ2n) is 6.27. The largest absolute Gasteiger partial charge is 0.380 e. The third-order valence-electron chi connectivity index (χ3n) is 4.16. The van der Waals surface area contributed by atoms with Gasteiger partial charge in [0.15, 0.2) is 0 Å². The number of amides is 1. The van der Waals surface area contributed by atoms with Crippen molar-refractivity contribution in [3.63, 3.8) is 0 Å². The van der Waals surface area contributed by atoms with E-state index in [-0.39, 0.29) is 18.3 Å². The van der Waals surface area contributed by atoms with Crippen LogP contribution in [0.5, 0.6) is 0 Å². The van der Waals surface area contributed by atoms with Crippen molar-refractivity contribution in [2.24, 2.45) is 0 Å². The maximum Gasteiger partial charge on any atom is 0.251 e. The zero-order chi connectivity index (χ0) is 20.6. The molecule has 0 radical (unpaired) electrons. The van der Waals surface area contributed by atoms with Crippen LogP contribution in [0.15, 0.2) is 48.8 Å². The smallest absolute Gasteiger partial charge is 0.251 e. The molecule has 0 saturated heterocycles. The van der Waals surface area contributed by atoms with Crippen LogP contribution in [-0.2, 0) is 20.8 Å². The van der Waals surface area contributed by atoms with E-state index in [1.54, 1.807) is 29.1 Å². The van der Waals surface area contributed by atoms with Crippen molar-refractivity contribution in [1.82, 2.24) is 14.8 Å². The summed E-state index contributed by atoms with van der Waals surface area (Å²) in [5.74, 6) is -0.182. The van der Waals surface area contributed by atoms with Gasteiger partial charge in [-0.3, -0.25) is 9.48 Å². The Kier molecular flexibility index (Phi) is 7.04. The van der Waals surface area contributed by atoms with Crippen molar-refractivity contribution in [2.45, 2.75) is 13.5 Å². The first-order chi connectivity index (χ1) is 14.1. The number of hydrogen-bond acceptors (Lipinski definition) is 5. The highest BCUT2D eigenvalue weighted by Crippen LogP contribution is 2.32. The Morgan fingerprint density at radius 2 is 2.00 bits per heavy atom. The fourth-order valence-corrected chi connectivity index (χ4v) is 2.85. The molecule has 0 unspecified atom stereocenters. The summed E-state index contributed by atoms with van der Waals surface area (Å²) in [7, 11) is 1.45. The van der Waals surface area contributed by atoms with E-state index in [4.69, 9.17) is 9.47 Å². The Balaban J connectivity index is 1.96. The number of carbonyl (C=O) groups is 1. The number of anilines is 1. The summed E-state index contributed by atoms with van der Waals surface area (Å²) < 4.78 is 25.4. The van der Waals surface area contributed by atoms with E-state index >= 15 is 0 Å². The molecule has 3 aromatic rings. The lowest BCUT2D eigenvalue weighted by atomic mass is 10.0. The Morgan fingerprint density at radius 3 is 2.72 bits per heavy atom. The van der Waals surface area contributed by atoms with Crippen molar-refractivity contribution in [3.8, 4) is 22.4 Å². The molecular weight excluding hydrogens is 375 g/mol. The maximum absolute atomic E-state index is 13.4. The number of carbonyl (C=O) groups excluding carboxylic acids is 1. The minimum Gasteiger partial charge on any atom is -0.380 e. The van der Waals surface area contributed by atoms with Crippen LogP contribution in [0, 0.1) is 5.82 Å². The number of ether oxygens (including phenoxy) is 2. The van der Waals surface area contributed by atoms with Gasteiger partial charge in [-0.1, -0.05) is 0 Å². The lowest BCUT2D eigenvalue weighted by molar-refractivity contribution is -0.119. The van der Waals surface area contributed by atoms with Gasteiger partial charge >= 0.3 is 0 Å². The fourth-order valence-electron chi connectivity index (χ4n) is 2.85. The van der Waals surface area contributed by atoms with Crippen molar-refractivity contribution >= 4 is 11.7 Å². The third-order valence-corrected chi connectivity index (χ3v) is 4.16. The van der Waals surface area contributed by atoms with Crippen molar-refractivity contribution in [3.05, 3.63) is 54.6 Å². The quantitative estimate of drug-likeness (QED) is 0.559. The van der Waals surface area contributed by atoms with Crippen LogP contribution < -0.4 is 5.32 Å². The molecule has 29 heavy (non-hydrogen) atoms. The molecule has 0 atom stereocenters. The molecule has 0 aliphatic carbocycles. The van der Waals surface area contributed by atoms with Gasteiger partial charge in [-0.2, -0.15) is 5.10 Å². The first-order valence-corrected chi connectivity index (χ1v) is 9.27. The highest BCUT2D eigenvalue weighted by Gasteiger charge is 2.15. The van der Waals surface area contributed by atoms with Gasteiger partial charge in [-0.15, -0.1) is 0 Å². The Bertz CT molecular complexity index is 957. The number of aromatic nitrogens is 3. The summed E-state index contributed by atoms with van der Waals surface area (Å²) in [5, 5.41) is 7.36. The average Bonchev–Trinajstić information content (AvgIpc) is 3.13. The molecule has 2 aromatic heterocycles. The molecule has 2 heterocycles.